The quantitative estimate of drug-likeness (QED) is 0.414. The van der Waals surface area contributed by atoms with Gasteiger partial charge in [-0.05, 0) is 23.1 Å². The molecule has 28 heavy (non-hydrogen) atoms. The highest BCUT2D eigenvalue weighted by molar-refractivity contribution is 5.33. The normalized spacial score (nSPS) is 11.9. The third kappa shape index (κ3) is 6.30. The summed E-state index contributed by atoms with van der Waals surface area (Å²) in [6.45, 7) is 2.40. The predicted octanol–water partition coefficient (Wildman–Crippen LogP) is 4.09. The monoisotopic (exact) mass is 375 g/mol. The van der Waals surface area contributed by atoms with E-state index >= 15 is 0 Å². The summed E-state index contributed by atoms with van der Waals surface area (Å²) in [5.74, 6) is 0. The van der Waals surface area contributed by atoms with Crippen molar-refractivity contribution in [2.45, 2.75) is 25.6 Å². The molecule has 0 unspecified atom stereocenters. The lowest BCUT2D eigenvalue weighted by Gasteiger charge is -2.20. The summed E-state index contributed by atoms with van der Waals surface area (Å²) in [5, 5.41) is 18.0. The molecule has 0 heterocycles. The minimum absolute atomic E-state index is 0.125. The first-order chi connectivity index (χ1) is 13.7. The van der Waals surface area contributed by atoms with Crippen molar-refractivity contribution in [3.63, 3.8) is 0 Å². The second kappa shape index (κ2) is 10.3. The molecule has 5 nitrogen and oxygen atoms in total. The fourth-order valence-electron chi connectivity index (χ4n) is 3.10. The molecule has 0 spiro atoms. The standard InChI is InChI=1S/C23H25N3O2/c27-26(28)23-13-11-19(12-14-23)15-22(25-17-21-9-5-2-6-10-21)18-24-16-20-7-3-1-4-8-20/h1-14,22,24-25H,15-18H2/t22-/m0/s1. The van der Waals surface area contributed by atoms with Gasteiger partial charge in [0.1, 0.15) is 0 Å². The van der Waals surface area contributed by atoms with Crippen LogP contribution in [0.2, 0.25) is 0 Å². The Morgan fingerprint density at radius 3 is 1.89 bits per heavy atom. The molecule has 0 aliphatic rings. The molecule has 0 aliphatic carbocycles. The van der Waals surface area contributed by atoms with Crippen molar-refractivity contribution in [2.24, 2.45) is 0 Å². The first-order valence-electron chi connectivity index (χ1n) is 9.46. The molecule has 0 radical (unpaired) electrons. The van der Waals surface area contributed by atoms with Crippen molar-refractivity contribution in [2.75, 3.05) is 6.54 Å². The Balaban J connectivity index is 1.60. The molecular weight excluding hydrogens is 350 g/mol. The number of hydrogen-bond acceptors (Lipinski definition) is 4. The van der Waals surface area contributed by atoms with Gasteiger partial charge in [0, 0.05) is 37.8 Å². The number of nitrogens with one attached hydrogen (secondary N) is 2. The summed E-state index contributed by atoms with van der Waals surface area (Å²) in [6, 6.07) is 27.6. The average molecular weight is 375 g/mol. The molecule has 0 aliphatic heterocycles. The van der Waals surface area contributed by atoms with Gasteiger partial charge in [-0.3, -0.25) is 10.1 Å². The highest BCUT2D eigenvalue weighted by Gasteiger charge is 2.11. The van der Waals surface area contributed by atoms with E-state index in [-0.39, 0.29) is 16.7 Å². The van der Waals surface area contributed by atoms with Crippen LogP contribution in [0.1, 0.15) is 16.7 Å². The topological polar surface area (TPSA) is 67.2 Å². The van der Waals surface area contributed by atoms with Gasteiger partial charge in [0.25, 0.3) is 5.69 Å². The van der Waals surface area contributed by atoms with Gasteiger partial charge < -0.3 is 10.6 Å². The van der Waals surface area contributed by atoms with Gasteiger partial charge in [-0.25, -0.2) is 0 Å². The van der Waals surface area contributed by atoms with Gasteiger partial charge in [-0.1, -0.05) is 72.8 Å². The van der Waals surface area contributed by atoms with Crippen LogP contribution in [0.25, 0.3) is 0 Å². The van der Waals surface area contributed by atoms with E-state index < -0.39 is 0 Å². The number of hydrogen-bond donors (Lipinski definition) is 2. The lowest BCUT2D eigenvalue weighted by Crippen LogP contribution is -2.39. The Kier molecular flexibility index (Phi) is 7.29. The zero-order chi connectivity index (χ0) is 19.6. The van der Waals surface area contributed by atoms with Crippen LogP contribution in [-0.4, -0.2) is 17.5 Å². The van der Waals surface area contributed by atoms with Gasteiger partial charge in [0.15, 0.2) is 0 Å². The van der Waals surface area contributed by atoms with E-state index in [0.29, 0.717) is 0 Å². The molecule has 0 saturated carbocycles. The molecule has 0 bridgehead atoms. The molecule has 0 fully saturated rings. The van der Waals surface area contributed by atoms with Crippen LogP contribution >= 0.6 is 0 Å². The van der Waals surface area contributed by atoms with Crippen molar-refractivity contribution in [3.05, 3.63) is 112 Å². The molecule has 3 rings (SSSR count). The smallest absolute Gasteiger partial charge is 0.269 e. The van der Waals surface area contributed by atoms with Crippen LogP contribution < -0.4 is 10.6 Å². The van der Waals surface area contributed by atoms with E-state index in [1.54, 1.807) is 12.1 Å². The molecular formula is C23H25N3O2. The summed E-state index contributed by atoms with van der Waals surface area (Å²) in [7, 11) is 0. The number of rotatable bonds is 10. The van der Waals surface area contributed by atoms with E-state index in [0.717, 1.165) is 31.6 Å². The van der Waals surface area contributed by atoms with Crippen LogP contribution in [0.5, 0.6) is 0 Å². The third-order valence-electron chi connectivity index (χ3n) is 4.63. The first-order valence-corrected chi connectivity index (χ1v) is 9.46. The van der Waals surface area contributed by atoms with Crippen molar-refractivity contribution in [1.82, 2.24) is 10.6 Å². The molecule has 3 aromatic rings. The third-order valence-corrected chi connectivity index (χ3v) is 4.63. The van der Waals surface area contributed by atoms with E-state index in [4.69, 9.17) is 0 Å². The summed E-state index contributed by atoms with van der Waals surface area (Å²) < 4.78 is 0. The van der Waals surface area contributed by atoms with Gasteiger partial charge in [-0.2, -0.15) is 0 Å². The second-order valence-electron chi connectivity index (χ2n) is 6.81. The molecule has 0 amide bonds. The van der Waals surface area contributed by atoms with E-state index in [1.807, 2.05) is 48.5 Å². The number of non-ortho nitro benzene ring substituents is 1. The van der Waals surface area contributed by atoms with Gasteiger partial charge in [-0.15, -0.1) is 0 Å². The van der Waals surface area contributed by atoms with Crippen molar-refractivity contribution < 1.29 is 4.92 Å². The molecule has 0 saturated heterocycles. The summed E-state index contributed by atoms with van der Waals surface area (Å²) in [5.41, 5.74) is 3.69. The fourth-order valence-corrected chi connectivity index (χ4v) is 3.10. The number of nitrogens with zero attached hydrogens (tertiary/aromatic N) is 1. The predicted molar refractivity (Wildman–Crippen MR) is 112 cm³/mol. The largest absolute Gasteiger partial charge is 0.311 e. The van der Waals surface area contributed by atoms with Gasteiger partial charge in [0.2, 0.25) is 0 Å². The molecule has 0 aromatic heterocycles. The number of benzene rings is 3. The highest BCUT2D eigenvalue weighted by atomic mass is 16.6. The Hall–Kier alpha value is -3.02. The Labute approximate surface area is 165 Å². The van der Waals surface area contributed by atoms with Crippen molar-refractivity contribution in [1.29, 1.82) is 0 Å². The van der Waals surface area contributed by atoms with E-state index in [9.17, 15) is 10.1 Å². The van der Waals surface area contributed by atoms with Crippen LogP contribution in [0.15, 0.2) is 84.9 Å². The van der Waals surface area contributed by atoms with Crippen molar-refractivity contribution in [3.8, 4) is 0 Å². The Morgan fingerprint density at radius 2 is 1.32 bits per heavy atom. The molecule has 144 valence electrons. The minimum Gasteiger partial charge on any atom is -0.311 e. The SMILES string of the molecule is O=[N+]([O-])c1ccc(C[C@@H](CNCc2ccccc2)NCc2ccccc2)cc1. The average Bonchev–Trinajstić information content (AvgIpc) is 2.74. The minimum atomic E-state index is -0.365. The van der Waals surface area contributed by atoms with Gasteiger partial charge in [0.05, 0.1) is 4.92 Å². The second-order valence-corrected chi connectivity index (χ2v) is 6.81. The maximum absolute atomic E-state index is 10.9. The Morgan fingerprint density at radius 1 is 0.750 bits per heavy atom. The number of nitro benzene ring substituents is 1. The zero-order valence-corrected chi connectivity index (χ0v) is 15.8. The zero-order valence-electron chi connectivity index (χ0n) is 15.8. The lowest BCUT2D eigenvalue weighted by molar-refractivity contribution is -0.384. The van der Waals surface area contributed by atoms with Crippen LogP contribution in [0, 0.1) is 10.1 Å². The molecule has 2 N–H and O–H groups in total. The summed E-state index contributed by atoms with van der Waals surface area (Å²) >= 11 is 0. The van der Waals surface area contributed by atoms with Crippen molar-refractivity contribution >= 4 is 5.69 Å². The fraction of sp³-hybridized carbons (Fsp3) is 0.217. The van der Waals surface area contributed by atoms with Crippen LogP contribution in [-0.2, 0) is 19.5 Å². The molecule has 5 heteroatoms. The maximum atomic E-state index is 10.9. The first kappa shape index (κ1) is 19.7. The Bertz CT molecular complexity index is 852. The summed E-state index contributed by atoms with van der Waals surface area (Å²) in [6.07, 6.45) is 0.798. The van der Waals surface area contributed by atoms with Gasteiger partial charge >= 0.3 is 0 Å². The lowest BCUT2D eigenvalue weighted by atomic mass is 10.0. The highest BCUT2D eigenvalue weighted by Crippen LogP contribution is 2.13. The number of nitro groups is 1. The maximum Gasteiger partial charge on any atom is 0.269 e. The molecule has 3 aromatic carbocycles. The van der Waals surface area contributed by atoms with Crippen LogP contribution in [0.4, 0.5) is 5.69 Å². The molecule has 1 atom stereocenters. The van der Waals surface area contributed by atoms with Crippen LogP contribution in [0.3, 0.4) is 0 Å². The van der Waals surface area contributed by atoms with E-state index in [2.05, 4.69) is 34.9 Å². The summed E-state index contributed by atoms with van der Waals surface area (Å²) in [4.78, 5) is 10.5. The van der Waals surface area contributed by atoms with E-state index in [1.165, 1.54) is 11.1 Å².